The van der Waals surface area contributed by atoms with Crippen molar-refractivity contribution >= 4 is 23.4 Å². The van der Waals surface area contributed by atoms with Gasteiger partial charge in [0, 0.05) is 29.9 Å². The summed E-state index contributed by atoms with van der Waals surface area (Å²) in [4.78, 5) is 38.9. The third-order valence-corrected chi connectivity index (χ3v) is 4.66. The first-order chi connectivity index (χ1) is 13.6. The number of hydrogen-bond acceptors (Lipinski definition) is 3. The molecule has 3 amide bonds. The van der Waals surface area contributed by atoms with Crippen LogP contribution in [0.1, 0.15) is 33.6 Å². The molecule has 1 saturated heterocycles. The van der Waals surface area contributed by atoms with Crippen molar-refractivity contribution in [3.05, 3.63) is 78.4 Å². The van der Waals surface area contributed by atoms with E-state index in [0.717, 1.165) is 6.42 Å². The topological polar surface area (TPSA) is 78.5 Å². The maximum atomic E-state index is 12.8. The number of rotatable bonds is 6. The van der Waals surface area contributed by atoms with E-state index in [2.05, 4.69) is 17.2 Å². The molecule has 0 aliphatic carbocycles. The van der Waals surface area contributed by atoms with Crippen molar-refractivity contribution in [3.63, 3.8) is 0 Å². The molecule has 1 aliphatic heterocycles. The van der Waals surface area contributed by atoms with Gasteiger partial charge in [0.2, 0.25) is 5.91 Å². The van der Waals surface area contributed by atoms with Crippen LogP contribution in [0.2, 0.25) is 0 Å². The van der Waals surface area contributed by atoms with Crippen molar-refractivity contribution in [2.45, 2.75) is 18.9 Å². The lowest BCUT2D eigenvalue weighted by molar-refractivity contribution is -0.124. The van der Waals surface area contributed by atoms with Gasteiger partial charge in [0.15, 0.2) is 0 Å². The molecule has 144 valence electrons. The Balaban J connectivity index is 1.65. The number of carbonyl (C=O) groups excluding carboxylic acids is 3. The molecule has 0 bridgehead atoms. The van der Waals surface area contributed by atoms with Gasteiger partial charge in [0.25, 0.3) is 11.8 Å². The smallest absolute Gasteiger partial charge is 0.255 e. The molecule has 0 aromatic heterocycles. The minimum atomic E-state index is -0.454. The van der Waals surface area contributed by atoms with Gasteiger partial charge in [-0.3, -0.25) is 14.4 Å². The zero-order valence-electron chi connectivity index (χ0n) is 15.6. The molecular weight excluding hydrogens is 354 g/mol. The first-order valence-electron chi connectivity index (χ1n) is 9.26. The van der Waals surface area contributed by atoms with E-state index in [1.54, 1.807) is 59.5 Å². The predicted molar refractivity (Wildman–Crippen MR) is 108 cm³/mol. The Hall–Kier alpha value is -3.41. The van der Waals surface area contributed by atoms with Crippen LogP contribution in [0.25, 0.3) is 0 Å². The monoisotopic (exact) mass is 377 g/mol. The summed E-state index contributed by atoms with van der Waals surface area (Å²) in [7, 11) is 0. The molecule has 6 nitrogen and oxygen atoms in total. The molecule has 1 unspecified atom stereocenters. The SMILES string of the molecule is C=CCNC(=O)C1CCCN1C(=O)c1ccc(NC(=O)c2ccccc2)cc1. The molecule has 0 radical (unpaired) electrons. The Bertz CT molecular complexity index is 862. The van der Waals surface area contributed by atoms with Gasteiger partial charge < -0.3 is 15.5 Å². The lowest BCUT2D eigenvalue weighted by Crippen LogP contribution is -2.46. The van der Waals surface area contributed by atoms with Crippen LogP contribution in [0, 0.1) is 0 Å². The average Bonchev–Trinajstić information content (AvgIpc) is 3.22. The molecule has 28 heavy (non-hydrogen) atoms. The number of hydrogen-bond donors (Lipinski definition) is 2. The molecule has 2 aromatic rings. The quantitative estimate of drug-likeness (QED) is 0.760. The van der Waals surface area contributed by atoms with E-state index in [1.165, 1.54) is 0 Å². The number of anilines is 1. The summed E-state index contributed by atoms with van der Waals surface area (Å²) in [5, 5.41) is 5.57. The fourth-order valence-corrected chi connectivity index (χ4v) is 3.23. The van der Waals surface area contributed by atoms with Crippen molar-refractivity contribution in [3.8, 4) is 0 Å². The van der Waals surface area contributed by atoms with Gasteiger partial charge in [-0.05, 0) is 49.2 Å². The van der Waals surface area contributed by atoms with Crippen molar-refractivity contribution < 1.29 is 14.4 Å². The van der Waals surface area contributed by atoms with E-state index < -0.39 is 6.04 Å². The standard InChI is InChI=1S/C22H23N3O3/c1-2-14-23-21(27)19-9-6-15-25(19)22(28)17-10-12-18(13-11-17)24-20(26)16-7-4-3-5-8-16/h2-5,7-8,10-13,19H,1,6,9,14-15H2,(H,23,27)(H,24,26). The summed E-state index contributed by atoms with van der Waals surface area (Å²) >= 11 is 0. The maximum absolute atomic E-state index is 12.8. The lowest BCUT2D eigenvalue weighted by atomic mass is 10.1. The molecule has 1 fully saturated rings. The molecule has 0 saturated carbocycles. The normalized spacial score (nSPS) is 15.7. The van der Waals surface area contributed by atoms with Crippen molar-refractivity contribution in [1.29, 1.82) is 0 Å². The Morgan fingerprint density at radius 3 is 2.43 bits per heavy atom. The Labute approximate surface area is 164 Å². The second-order valence-corrected chi connectivity index (χ2v) is 6.59. The van der Waals surface area contributed by atoms with Crippen molar-refractivity contribution in [2.24, 2.45) is 0 Å². The van der Waals surface area contributed by atoms with E-state index in [4.69, 9.17) is 0 Å². The van der Waals surface area contributed by atoms with Crippen LogP contribution in [-0.2, 0) is 4.79 Å². The third kappa shape index (κ3) is 4.46. The minimum absolute atomic E-state index is 0.155. The second-order valence-electron chi connectivity index (χ2n) is 6.59. The molecular formula is C22H23N3O3. The molecule has 2 aromatic carbocycles. The van der Waals surface area contributed by atoms with Gasteiger partial charge >= 0.3 is 0 Å². The van der Waals surface area contributed by atoms with Gasteiger partial charge in [-0.15, -0.1) is 6.58 Å². The van der Waals surface area contributed by atoms with Gasteiger partial charge in [-0.2, -0.15) is 0 Å². The van der Waals surface area contributed by atoms with Crippen LogP contribution in [0.4, 0.5) is 5.69 Å². The van der Waals surface area contributed by atoms with Crippen LogP contribution in [0.15, 0.2) is 67.3 Å². The highest BCUT2D eigenvalue weighted by Gasteiger charge is 2.34. The predicted octanol–water partition coefficient (Wildman–Crippen LogP) is 2.85. The van der Waals surface area contributed by atoms with Gasteiger partial charge in [-0.1, -0.05) is 24.3 Å². The van der Waals surface area contributed by atoms with E-state index in [0.29, 0.717) is 36.3 Å². The summed E-state index contributed by atoms with van der Waals surface area (Å²) in [6, 6.07) is 15.2. The van der Waals surface area contributed by atoms with E-state index in [1.807, 2.05) is 6.07 Å². The van der Waals surface area contributed by atoms with E-state index >= 15 is 0 Å². The van der Waals surface area contributed by atoms with Crippen molar-refractivity contribution in [2.75, 3.05) is 18.4 Å². The fraction of sp³-hybridized carbons (Fsp3) is 0.227. The molecule has 1 atom stereocenters. The maximum Gasteiger partial charge on any atom is 0.255 e. The first kappa shape index (κ1) is 19.4. The zero-order valence-corrected chi connectivity index (χ0v) is 15.6. The molecule has 1 heterocycles. The number of amides is 3. The van der Waals surface area contributed by atoms with Crippen LogP contribution < -0.4 is 10.6 Å². The number of carbonyl (C=O) groups is 3. The lowest BCUT2D eigenvalue weighted by Gasteiger charge is -2.24. The molecule has 0 spiro atoms. The number of nitrogens with zero attached hydrogens (tertiary/aromatic N) is 1. The third-order valence-electron chi connectivity index (χ3n) is 4.66. The highest BCUT2D eigenvalue weighted by atomic mass is 16.2. The van der Waals surface area contributed by atoms with Gasteiger partial charge in [-0.25, -0.2) is 0 Å². The first-order valence-corrected chi connectivity index (χ1v) is 9.26. The van der Waals surface area contributed by atoms with E-state index in [9.17, 15) is 14.4 Å². The highest BCUT2D eigenvalue weighted by Crippen LogP contribution is 2.21. The summed E-state index contributed by atoms with van der Waals surface area (Å²) in [5.74, 6) is -0.548. The van der Waals surface area contributed by atoms with E-state index in [-0.39, 0.29) is 17.7 Å². The Morgan fingerprint density at radius 1 is 1.04 bits per heavy atom. The summed E-state index contributed by atoms with van der Waals surface area (Å²) in [5.41, 5.74) is 1.65. The summed E-state index contributed by atoms with van der Waals surface area (Å²) in [6.45, 7) is 4.52. The largest absolute Gasteiger partial charge is 0.351 e. The fourth-order valence-electron chi connectivity index (χ4n) is 3.23. The molecule has 6 heteroatoms. The number of likely N-dealkylation sites (tertiary alicyclic amines) is 1. The van der Waals surface area contributed by atoms with Crippen LogP contribution in [-0.4, -0.2) is 41.8 Å². The summed E-state index contributed by atoms with van der Waals surface area (Å²) in [6.07, 6.45) is 3.06. The Morgan fingerprint density at radius 2 is 1.75 bits per heavy atom. The van der Waals surface area contributed by atoms with Crippen molar-refractivity contribution in [1.82, 2.24) is 10.2 Å². The molecule has 3 rings (SSSR count). The van der Waals surface area contributed by atoms with Crippen LogP contribution in [0.3, 0.4) is 0 Å². The molecule has 2 N–H and O–H groups in total. The zero-order chi connectivity index (χ0) is 19.9. The number of benzene rings is 2. The van der Waals surface area contributed by atoms with Gasteiger partial charge in [0.1, 0.15) is 6.04 Å². The second kappa shape index (κ2) is 8.99. The average molecular weight is 377 g/mol. The minimum Gasteiger partial charge on any atom is -0.351 e. The number of nitrogens with one attached hydrogen (secondary N) is 2. The summed E-state index contributed by atoms with van der Waals surface area (Å²) < 4.78 is 0. The molecule has 1 aliphatic rings. The van der Waals surface area contributed by atoms with Crippen LogP contribution >= 0.6 is 0 Å². The highest BCUT2D eigenvalue weighted by molar-refractivity contribution is 6.04. The van der Waals surface area contributed by atoms with Gasteiger partial charge in [0.05, 0.1) is 0 Å². The van der Waals surface area contributed by atoms with Crippen LogP contribution in [0.5, 0.6) is 0 Å². The Kier molecular flexibility index (Phi) is 6.22.